The summed E-state index contributed by atoms with van der Waals surface area (Å²) in [6, 6.07) is -0.898. The van der Waals surface area contributed by atoms with E-state index in [0.29, 0.717) is 19.6 Å². The van der Waals surface area contributed by atoms with Crippen LogP contribution in [0.15, 0.2) is 0 Å². The first-order valence-electron chi connectivity index (χ1n) is 7.29. The zero-order valence-electron chi connectivity index (χ0n) is 12.4. The lowest BCUT2D eigenvalue weighted by molar-refractivity contribution is -0.141. The molecule has 1 aliphatic carbocycles. The average molecular weight is 284 g/mol. The summed E-state index contributed by atoms with van der Waals surface area (Å²) in [6.07, 6.45) is 2.24. The Bertz CT molecular complexity index is 397. The maximum absolute atomic E-state index is 12.2. The van der Waals surface area contributed by atoms with Crippen LogP contribution in [-0.4, -0.2) is 53.3 Å². The number of nitrogens with one attached hydrogen (secondary N) is 1. The first-order valence-corrected chi connectivity index (χ1v) is 7.29. The Morgan fingerprint density at radius 3 is 2.70 bits per heavy atom. The van der Waals surface area contributed by atoms with Crippen LogP contribution in [0.5, 0.6) is 0 Å². The molecule has 20 heavy (non-hydrogen) atoms. The summed E-state index contributed by atoms with van der Waals surface area (Å²) in [5, 5.41) is 12.1. The van der Waals surface area contributed by atoms with Gasteiger partial charge < -0.3 is 20.1 Å². The number of urea groups is 1. The van der Waals surface area contributed by atoms with E-state index in [1.54, 1.807) is 0 Å². The minimum atomic E-state index is -0.919. The highest BCUT2D eigenvalue weighted by Gasteiger charge is 2.50. The molecule has 0 spiro atoms. The lowest BCUT2D eigenvalue weighted by Crippen LogP contribution is -2.64. The number of hydrogen-bond acceptors (Lipinski definition) is 3. The largest absolute Gasteiger partial charge is 0.480 e. The second-order valence-corrected chi connectivity index (χ2v) is 6.19. The molecule has 1 heterocycles. The molecule has 0 aromatic heterocycles. The number of nitrogens with zero attached hydrogens (tertiary/aromatic N) is 1. The van der Waals surface area contributed by atoms with Crippen LogP contribution in [0.25, 0.3) is 0 Å². The Morgan fingerprint density at radius 2 is 2.15 bits per heavy atom. The number of aliphatic carboxylic acids is 1. The van der Waals surface area contributed by atoms with E-state index >= 15 is 0 Å². The third-order valence-electron chi connectivity index (χ3n) is 4.64. The molecular formula is C14H24N2O4. The van der Waals surface area contributed by atoms with Crippen LogP contribution in [-0.2, 0) is 9.53 Å². The van der Waals surface area contributed by atoms with E-state index in [4.69, 9.17) is 9.84 Å². The number of amides is 2. The third kappa shape index (κ3) is 2.61. The first-order chi connectivity index (χ1) is 9.37. The monoisotopic (exact) mass is 284 g/mol. The summed E-state index contributed by atoms with van der Waals surface area (Å²) in [4.78, 5) is 24.8. The number of hydrogen-bond donors (Lipinski definition) is 2. The van der Waals surface area contributed by atoms with Crippen LogP contribution >= 0.6 is 0 Å². The maximum atomic E-state index is 12.2. The standard InChI is InChI=1S/C14H24N2O4/c1-4-20-11-8-10(14(11,2)3)15-13(19)16-7-5-6-9(16)12(17)18/h9-11H,4-8H2,1-3H3,(H,15,19)(H,17,18)/t9-,10?,11?/m0/s1. The van der Waals surface area contributed by atoms with Crippen molar-refractivity contribution in [3.63, 3.8) is 0 Å². The fourth-order valence-corrected chi connectivity index (χ4v) is 3.11. The van der Waals surface area contributed by atoms with Crippen molar-refractivity contribution in [2.45, 2.75) is 58.2 Å². The number of carbonyl (C=O) groups is 2. The van der Waals surface area contributed by atoms with Crippen molar-refractivity contribution in [2.75, 3.05) is 13.2 Å². The molecule has 2 unspecified atom stereocenters. The van der Waals surface area contributed by atoms with Gasteiger partial charge in [-0.1, -0.05) is 13.8 Å². The van der Waals surface area contributed by atoms with Gasteiger partial charge in [0, 0.05) is 24.6 Å². The van der Waals surface area contributed by atoms with Crippen molar-refractivity contribution in [1.29, 1.82) is 0 Å². The third-order valence-corrected chi connectivity index (χ3v) is 4.64. The van der Waals surface area contributed by atoms with Gasteiger partial charge in [-0.2, -0.15) is 0 Å². The molecule has 0 radical (unpaired) electrons. The summed E-state index contributed by atoms with van der Waals surface area (Å²) in [6.45, 7) is 7.29. The van der Waals surface area contributed by atoms with E-state index < -0.39 is 12.0 Å². The molecule has 2 rings (SSSR count). The minimum Gasteiger partial charge on any atom is -0.480 e. The molecule has 6 nitrogen and oxygen atoms in total. The molecule has 2 fully saturated rings. The molecule has 1 saturated heterocycles. The van der Waals surface area contributed by atoms with Gasteiger partial charge in [0.15, 0.2) is 0 Å². The molecule has 0 bridgehead atoms. The quantitative estimate of drug-likeness (QED) is 0.819. The van der Waals surface area contributed by atoms with Crippen molar-refractivity contribution in [3.8, 4) is 0 Å². The zero-order chi connectivity index (χ0) is 14.9. The van der Waals surface area contributed by atoms with Crippen LogP contribution in [0.4, 0.5) is 4.79 Å². The van der Waals surface area contributed by atoms with Gasteiger partial charge in [-0.15, -0.1) is 0 Å². The van der Waals surface area contributed by atoms with Crippen LogP contribution in [0, 0.1) is 5.41 Å². The lowest BCUT2D eigenvalue weighted by atomic mass is 9.64. The average Bonchev–Trinajstić information content (AvgIpc) is 2.86. The normalized spacial score (nSPS) is 31.8. The summed E-state index contributed by atoms with van der Waals surface area (Å²) in [7, 11) is 0. The lowest BCUT2D eigenvalue weighted by Gasteiger charge is -2.51. The van der Waals surface area contributed by atoms with Crippen LogP contribution in [0.2, 0.25) is 0 Å². The van der Waals surface area contributed by atoms with Gasteiger partial charge in [0.25, 0.3) is 0 Å². The number of ether oxygens (including phenoxy) is 1. The Morgan fingerprint density at radius 1 is 1.45 bits per heavy atom. The Kier molecular flexibility index (Phi) is 4.22. The highest BCUT2D eigenvalue weighted by atomic mass is 16.5. The number of rotatable bonds is 4. The summed E-state index contributed by atoms with van der Waals surface area (Å²) >= 11 is 0. The van der Waals surface area contributed by atoms with Crippen molar-refractivity contribution in [1.82, 2.24) is 10.2 Å². The van der Waals surface area contributed by atoms with Crippen LogP contribution in [0.1, 0.15) is 40.0 Å². The molecule has 3 atom stereocenters. The maximum Gasteiger partial charge on any atom is 0.326 e. The van der Waals surface area contributed by atoms with Gasteiger partial charge in [0.2, 0.25) is 0 Å². The molecule has 2 amide bonds. The summed E-state index contributed by atoms with van der Waals surface area (Å²) in [5.41, 5.74) is -0.107. The molecule has 2 aliphatic rings. The molecule has 0 aromatic rings. The Hall–Kier alpha value is -1.30. The van der Waals surface area contributed by atoms with Crippen LogP contribution in [0.3, 0.4) is 0 Å². The highest BCUT2D eigenvalue weighted by Crippen LogP contribution is 2.42. The van der Waals surface area contributed by atoms with E-state index in [1.165, 1.54) is 4.90 Å². The molecule has 1 saturated carbocycles. The molecule has 0 aromatic carbocycles. The number of carbonyl (C=O) groups excluding carboxylic acids is 1. The Labute approximate surface area is 119 Å². The Balaban J connectivity index is 1.91. The number of carboxylic acid groups (broad SMARTS) is 1. The SMILES string of the molecule is CCOC1CC(NC(=O)N2CCC[C@H]2C(=O)O)C1(C)C. The molecular weight excluding hydrogens is 260 g/mol. The van der Waals surface area contributed by atoms with Gasteiger partial charge in [0.1, 0.15) is 6.04 Å². The van der Waals surface area contributed by atoms with E-state index in [9.17, 15) is 9.59 Å². The second kappa shape index (κ2) is 5.60. The smallest absolute Gasteiger partial charge is 0.326 e. The fourth-order valence-electron chi connectivity index (χ4n) is 3.11. The molecule has 1 aliphatic heterocycles. The first kappa shape index (κ1) is 15.1. The van der Waals surface area contributed by atoms with Gasteiger partial charge in [-0.05, 0) is 26.2 Å². The van der Waals surface area contributed by atoms with Gasteiger partial charge in [0.05, 0.1) is 6.10 Å². The fraction of sp³-hybridized carbons (Fsp3) is 0.857. The van der Waals surface area contributed by atoms with Gasteiger partial charge in [-0.25, -0.2) is 9.59 Å². The van der Waals surface area contributed by atoms with Crippen molar-refractivity contribution < 1.29 is 19.4 Å². The predicted octanol–water partition coefficient (Wildman–Crippen LogP) is 1.45. The molecule has 6 heteroatoms. The minimum absolute atomic E-state index is 0.0431. The van der Waals surface area contributed by atoms with Gasteiger partial charge in [-0.3, -0.25) is 0 Å². The van der Waals surface area contributed by atoms with Crippen LogP contribution < -0.4 is 5.32 Å². The van der Waals surface area contributed by atoms with E-state index in [2.05, 4.69) is 19.2 Å². The number of carboxylic acids is 1. The second-order valence-electron chi connectivity index (χ2n) is 6.19. The highest BCUT2D eigenvalue weighted by molar-refractivity contribution is 5.83. The van der Waals surface area contributed by atoms with Gasteiger partial charge >= 0.3 is 12.0 Å². The van der Waals surface area contributed by atoms with E-state index in [0.717, 1.165) is 12.8 Å². The molecule has 114 valence electrons. The topological polar surface area (TPSA) is 78.9 Å². The molecule has 2 N–H and O–H groups in total. The van der Waals surface area contributed by atoms with E-state index in [-0.39, 0.29) is 23.6 Å². The van der Waals surface area contributed by atoms with Crippen molar-refractivity contribution >= 4 is 12.0 Å². The number of likely N-dealkylation sites (tertiary alicyclic amines) is 1. The summed E-state index contributed by atoms with van der Waals surface area (Å²) < 4.78 is 5.63. The van der Waals surface area contributed by atoms with Crippen molar-refractivity contribution in [3.05, 3.63) is 0 Å². The van der Waals surface area contributed by atoms with E-state index in [1.807, 2.05) is 6.92 Å². The summed E-state index contributed by atoms with van der Waals surface area (Å²) in [5.74, 6) is -0.919. The zero-order valence-corrected chi connectivity index (χ0v) is 12.4. The van der Waals surface area contributed by atoms with Crippen molar-refractivity contribution in [2.24, 2.45) is 5.41 Å². The predicted molar refractivity (Wildman–Crippen MR) is 73.5 cm³/mol.